The lowest BCUT2D eigenvalue weighted by molar-refractivity contribution is -0.143. The third kappa shape index (κ3) is 8.65. The van der Waals surface area contributed by atoms with E-state index in [4.69, 9.17) is 4.74 Å². The quantitative estimate of drug-likeness (QED) is 0.245. The number of aryl methyl sites for hydroxylation is 1. The number of anilines is 1. The summed E-state index contributed by atoms with van der Waals surface area (Å²) in [5, 5.41) is 3.05. The maximum atomic E-state index is 15.0. The van der Waals surface area contributed by atoms with Gasteiger partial charge in [0, 0.05) is 18.0 Å². The van der Waals surface area contributed by atoms with Crippen LogP contribution < -0.4 is 10.0 Å². The van der Waals surface area contributed by atoms with Gasteiger partial charge in [-0.05, 0) is 94.5 Å². The van der Waals surface area contributed by atoms with Crippen LogP contribution in [0.4, 0.5) is 18.9 Å². The molecule has 1 aliphatic rings. The Hall–Kier alpha value is -2.23. The zero-order chi connectivity index (χ0) is 26.8. The number of amides is 1. The van der Waals surface area contributed by atoms with E-state index in [0.29, 0.717) is 32.1 Å². The molecule has 0 bridgehead atoms. The van der Waals surface area contributed by atoms with Crippen LogP contribution in [0, 0.1) is 17.5 Å². The number of rotatable bonds is 12. The Bertz CT molecular complexity index is 989. The summed E-state index contributed by atoms with van der Waals surface area (Å²) in [4.78, 5) is 15.2. The second-order valence-corrected chi connectivity index (χ2v) is 10.9. The van der Waals surface area contributed by atoms with Crippen molar-refractivity contribution in [2.45, 2.75) is 74.3 Å². The van der Waals surface area contributed by atoms with E-state index in [1.807, 2.05) is 19.0 Å². The minimum absolute atomic E-state index is 0.185. The maximum Gasteiger partial charge on any atom is 0.262 e. The Labute approximate surface area is 222 Å². The molecule has 9 heteroatoms. The van der Waals surface area contributed by atoms with Gasteiger partial charge in [0.25, 0.3) is 5.91 Å². The molecular formula is C28H38F3N3O2S. The van der Waals surface area contributed by atoms with Gasteiger partial charge >= 0.3 is 0 Å². The number of nitrogens with zero attached hydrogens (tertiary/aromatic N) is 1. The van der Waals surface area contributed by atoms with Gasteiger partial charge in [0.1, 0.15) is 28.7 Å². The predicted molar refractivity (Wildman–Crippen MR) is 143 cm³/mol. The molecule has 37 heavy (non-hydrogen) atoms. The van der Waals surface area contributed by atoms with Crippen molar-refractivity contribution in [2.75, 3.05) is 33.1 Å². The molecule has 5 nitrogen and oxygen atoms in total. The van der Waals surface area contributed by atoms with Gasteiger partial charge in [-0.15, -0.1) is 0 Å². The molecule has 1 unspecified atom stereocenters. The summed E-state index contributed by atoms with van der Waals surface area (Å²) in [6, 6.07) is 8.54. The smallest absolute Gasteiger partial charge is 0.262 e. The SMILES string of the molecule is COC1(C(=O)NSc2cc(F)c(NC(CCc3ccc(F)cc3)CCN(C)C)c(F)c2)CCCCCC1. The summed E-state index contributed by atoms with van der Waals surface area (Å²) in [5.41, 5.74) is -0.119. The first kappa shape index (κ1) is 29.3. The Balaban J connectivity index is 1.66. The fourth-order valence-electron chi connectivity index (χ4n) is 4.67. The van der Waals surface area contributed by atoms with Gasteiger partial charge in [0.15, 0.2) is 0 Å². The standard InChI is InChI=1S/C28H38F3N3O2S/c1-34(2)17-14-22(13-10-20-8-11-21(29)12-9-20)32-26-24(30)18-23(19-25(26)31)37-33-27(35)28(36-3)15-6-4-5-7-16-28/h8-9,11-12,18-19,22,32H,4-7,10,13-17H2,1-3H3,(H,33,35). The average Bonchev–Trinajstić information content (AvgIpc) is 3.13. The minimum atomic E-state index is -0.897. The van der Waals surface area contributed by atoms with Gasteiger partial charge in [-0.25, -0.2) is 13.2 Å². The van der Waals surface area contributed by atoms with Gasteiger partial charge < -0.3 is 15.0 Å². The molecule has 2 N–H and O–H groups in total. The van der Waals surface area contributed by atoms with Crippen LogP contribution in [0.25, 0.3) is 0 Å². The lowest BCUT2D eigenvalue weighted by atomic mass is 9.93. The molecule has 0 saturated heterocycles. The van der Waals surface area contributed by atoms with E-state index < -0.39 is 17.2 Å². The van der Waals surface area contributed by atoms with Gasteiger partial charge in [-0.3, -0.25) is 9.52 Å². The van der Waals surface area contributed by atoms with Crippen molar-refractivity contribution in [3.63, 3.8) is 0 Å². The second kappa shape index (κ2) is 14.1. The monoisotopic (exact) mass is 537 g/mol. The summed E-state index contributed by atoms with van der Waals surface area (Å²) in [5.74, 6) is -2.00. The summed E-state index contributed by atoms with van der Waals surface area (Å²) in [7, 11) is 5.43. The number of ether oxygens (including phenoxy) is 1. The van der Waals surface area contributed by atoms with E-state index in [1.165, 1.54) is 31.4 Å². The fourth-order valence-corrected chi connectivity index (χ4v) is 5.39. The number of carbonyl (C=O) groups excluding carboxylic acids is 1. The van der Waals surface area contributed by atoms with E-state index in [0.717, 1.165) is 49.7 Å². The van der Waals surface area contributed by atoms with Crippen molar-refractivity contribution >= 4 is 23.5 Å². The normalized spacial score (nSPS) is 16.3. The van der Waals surface area contributed by atoms with Crippen molar-refractivity contribution in [1.82, 2.24) is 9.62 Å². The van der Waals surface area contributed by atoms with Gasteiger partial charge in [0.05, 0.1) is 0 Å². The van der Waals surface area contributed by atoms with Gasteiger partial charge in [-0.1, -0.05) is 37.8 Å². The molecule has 1 atom stereocenters. The molecule has 1 aliphatic carbocycles. The van der Waals surface area contributed by atoms with Crippen LogP contribution >= 0.6 is 11.9 Å². The minimum Gasteiger partial charge on any atom is -0.378 e. The molecule has 0 aliphatic heterocycles. The van der Waals surface area contributed by atoms with E-state index in [-0.39, 0.29) is 28.3 Å². The predicted octanol–water partition coefficient (Wildman–Crippen LogP) is 6.33. The summed E-state index contributed by atoms with van der Waals surface area (Å²) in [6.07, 6.45) is 7.17. The Morgan fingerprint density at radius 3 is 2.22 bits per heavy atom. The highest BCUT2D eigenvalue weighted by atomic mass is 32.2. The molecule has 0 radical (unpaired) electrons. The van der Waals surface area contributed by atoms with Crippen LogP contribution in [-0.4, -0.2) is 50.2 Å². The largest absolute Gasteiger partial charge is 0.378 e. The highest BCUT2D eigenvalue weighted by Gasteiger charge is 2.38. The molecule has 0 aromatic heterocycles. The number of benzene rings is 2. The van der Waals surface area contributed by atoms with E-state index in [9.17, 15) is 9.18 Å². The lowest BCUT2D eigenvalue weighted by Gasteiger charge is -2.29. The highest BCUT2D eigenvalue weighted by Crippen LogP contribution is 2.32. The summed E-state index contributed by atoms with van der Waals surface area (Å²) in [6.45, 7) is 0.742. The van der Waals surface area contributed by atoms with Crippen LogP contribution in [-0.2, 0) is 16.0 Å². The molecular weight excluding hydrogens is 499 g/mol. The maximum absolute atomic E-state index is 15.0. The molecule has 2 aromatic rings. The lowest BCUT2D eigenvalue weighted by Crippen LogP contribution is -2.45. The second-order valence-electron chi connectivity index (χ2n) is 10.0. The van der Waals surface area contributed by atoms with Crippen LogP contribution in [0.3, 0.4) is 0 Å². The highest BCUT2D eigenvalue weighted by molar-refractivity contribution is 7.98. The van der Waals surface area contributed by atoms with E-state index in [1.54, 1.807) is 12.1 Å². The number of hydrogen-bond donors (Lipinski definition) is 2. The number of halogens is 3. The van der Waals surface area contributed by atoms with Crippen LogP contribution in [0.15, 0.2) is 41.3 Å². The number of nitrogens with one attached hydrogen (secondary N) is 2. The zero-order valence-electron chi connectivity index (χ0n) is 21.9. The van der Waals surface area contributed by atoms with Crippen LogP contribution in [0.2, 0.25) is 0 Å². The molecule has 0 heterocycles. The Morgan fingerprint density at radius 1 is 1.03 bits per heavy atom. The van der Waals surface area contributed by atoms with Crippen LogP contribution in [0.5, 0.6) is 0 Å². The van der Waals surface area contributed by atoms with Crippen molar-refractivity contribution in [3.8, 4) is 0 Å². The first-order chi connectivity index (χ1) is 17.7. The summed E-state index contributed by atoms with van der Waals surface area (Å²) < 4.78 is 51.7. The summed E-state index contributed by atoms with van der Waals surface area (Å²) >= 11 is 0.897. The molecule has 204 valence electrons. The molecule has 1 saturated carbocycles. The Morgan fingerprint density at radius 2 is 1.65 bits per heavy atom. The zero-order valence-corrected chi connectivity index (χ0v) is 22.7. The van der Waals surface area contributed by atoms with Crippen molar-refractivity contribution < 1.29 is 22.7 Å². The van der Waals surface area contributed by atoms with Gasteiger partial charge in [0.2, 0.25) is 0 Å². The van der Waals surface area contributed by atoms with Crippen molar-refractivity contribution in [3.05, 3.63) is 59.4 Å². The first-order valence-electron chi connectivity index (χ1n) is 12.9. The first-order valence-corrected chi connectivity index (χ1v) is 13.7. The third-order valence-electron chi connectivity index (χ3n) is 6.96. The molecule has 2 aromatic carbocycles. The topological polar surface area (TPSA) is 53.6 Å². The number of hydrogen-bond acceptors (Lipinski definition) is 5. The van der Waals surface area contributed by atoms with Crippen molar-refractivity contribution in [2.24, 2.45) is 0 Å². The van der Waals surface area contributed by atoms with Crippen LogP contribution in [0.1, 0.15) is 56.9 Å². The molecule has 1 fully saturated rings. The fraction of sp³-hybridized carbons (Fsp3) is 0.536. The van der Waals surface area contributed by atoms with E-state index in [2.05, 4.69) is 10.0 Å². The van der Waals surface area contributed by atoms with E-state index >= 15 is 8.78 Å². The number of methoxy groups -OCH3 is 1. The molecule has 1 amide bonds. The third-order valence-corrected chi connectivity index (χ3v) is 7.72. The van der Waals surface area contributed by atoms with Crippen molar-refractivity contribution in [1.29, 1.82) is 0 Å². The Kier molecular flexibility index (Phi) is 11.2. The average molecular weight is 538 g/mol. The van der Waals surface area contributed by atoms with Gasteiger partial charge in [-0.2, -0.15) is 0 Å². The number of carbonyl (C=O) groups is 1. The molecule has 0 spiro atoms. The molecule has 3 rings (SSSR count).